The highest BCUT2D eigenvalue weighted by atomic mass is 32.1. The minimum absolute atomic E-state index is 0.243. The van der Waals surface area contributed by atoms with E-state index in [1.54, 1.807) is 11.3 Å². The largest absolute Gasteiger partial charge is 0.342 e. The third-order valence-electron chi connectivity index (χ3n) is 4.70. The number of likely N-dealkylation sites (tertiary alicyclic amines) is 1. The molecule has 4 nitrogen and oxygen atoms in total. The Hall–Kier alpha value is -0.940. The van der Waals surface area contributed by atoms with Gasteiger partial charge in [0.1, 0.15) is 0 Å². The summed E-state index contributed by atoms with van der Waals surface area (Å²) in [6.45, 7) is 5.93. The molecule has 116 valence electrons. The first-order valence-electron chi connectivity index (χ1n) is 8.21. The normalized spacial score (nSPS) is 24.2. The molecule has 1 atom stereocenters. The van der Waals surface area contributed by atoms with Crippen LogP contribution in [0.2, 0.25) is 0 Å². The molecule has 0 bridgehead atoms. The highest BCUT2D eigenvalue weighted by Crippen LogP contribution is 2.30. The molecule has 0 radical (unpaired) electrons. The maximum Gasteiger partial charge on any atom is 0.225 e. The number of carbonyl (C=O) groups is 1. The standard InChI is InChI=1S/C16H25N3OS/c1-2-14-11-21-15(18-14)13-4-3-9-19(10-13)16(20)12-5-7-17-8-6-12/h11-13,17H,2-10H2,1H3. The summed E-state index contributed by atoms with van der Waals surface area (Å²) in [5.74, 6) is 1.08. The molecule has 0 aromatic carbocycles. The maximum absolute atomic E-state index is 12.7. The molecule has 5 heteroatoms. The van der Waals surface area contributed by atoms with Gasteiger partial charge in [-0.2, -0.15) is 0 Å². The molecule has 21 heavy (non-hydrogen) atoms. The summed E-state index contributed by atoms with van der Waals surface area (Å²) >= 11 is 1.77. The molecule has 2 aliphatic rings. The summed E-state index contributed by atoms with van der Waals surface area (Å²) in [7, 11) is 0. The van der Waals surface area contributed by atoms with Crippen molar-refractivity contribution >= 4 is 17.2 Å². The lowest BCUT2D eigenvalue weighted by Crippen LogP contribution is -2.45. The Kier molecular flexibility index (Phi) is 4.91. The number of carbonyl (C=O) groups excluding carboxylic acids is 1. The average Bonchev–Trinajstić information content (AvgIpc) is 3.04. The van der Waals surface area contributed by atoms with E-state index < -0.39 is 0 Å². The van der Waals surface area contributed by atoms with Crippen LogP contribution in [0.4, 0.5) is 0 Å². The first-order valence-corrected chi connectivity index (χ1v) is 9.09. The van der Waals surface area contributed by atoms with Crippen molar-refractivity contribution in [2.75, 3.05) is 26.2 Å². The van der Waals surface area contributed by atoms with Crippen LogP contribution in [0.1, 0.15) is 49.2 Å². The van der Waals surface area contributed by atoms with Crippen molar-refractivity contribution in [3.8, 4) is 0 Å². The monoisotopic (exact) mass is 307 g/mol. The van der Waals surface area contributed by atoms with Gasteiger partial charge < -0.3 is 10.2 Å². The minimum atomic E-state index is 0.243. The minimum Gasteiger partial charge on any atom is -0.342 e. The molecule has 2 fully saturated rings. The third kappa shape index (κ3) is 3.46. The second kappa shape index (κ2) is 6.88. The molecule has 0 aliphatic carbocycles. The van der Waals surface area contributed by atoms with Gasteiger partial charge >= 0.3 is 0 Å². The van der Waals surface area contributed by atoms with Crippen LogP contribution in [0.25, 0.3) is 0 Å². The summed E-state index contributed by atoms with van der Waals surface area (Å²) in [6.07, 6.45) is 5.28. The summed E-state index contributed by atoms with van der Waals surface area (Å²) in [5.41, 5.74) is 1.19. The van der Waals surface area contributed by atoms with Gasteiger partial charge in [-0.1, -0.05) is 6.92 Å². The van der Waals surface area contributed by atoms with Gasteiger partial charge in [0.2, 0.25) is 5.91 Å². The van der Waals surface area contributed by atoms with Gasteiger partial charge in [-0.25, -0.2) is 4.98 Å². The first kappa shape index (κ1) is 15.0. The van der Waals surface area contributed by atoms with E-state index in [1.807, 2.05) is 0 Å². The van der Waals surface area contributed by atoms with Crippen molar-refractivity contribution in [2.45, 2.75) is 44.9 Å². The SMILES string of the molecule is CCc1csc(C2CCCN(C(=O)C3CCNCC3)C2)n1. The van der Waals surface area contributed by atoms with Gasteiger partial charge in [0.25, 0.3) is 0 Å². The van der Waals surface area contributed by atoms with E-state index >= 15 is 0 Å². The van der Waals surface area contributed by atoms with Gasteiger partial charge in [0, 0.05) is 30.3 Å². The van der Waals surface area contributed by atoms with Crippen LogP contribution in [-0.4, -0.2) is 42.0 Å². The topological polar surface area (TPSA) is 45.2 Å². The Morgan fingerprint density at radius 2 is 2.24 bits per heavy atom. The Morgan fingerprint density at radius 3 is 2.95 bits per heavy atom. The Balaban J connectivity index is 1.63. The first-order chi connectivity index (χ1) is 10.3. The van der Waals surface area contributed by atoms with Crippen LogP contribution in [0.15, 0.2) is 5.38 Å². The van der Waals surface area contributed by atoms with Gasteiger partial charge in [-0.3, -0.25) is 4.79 Å². The molecule has 0 saturated carbocycles. The Labute approximate surface area is 130 Å². The quantitative estimate of drug-likeness (QED) is 0.933. The molecular formula is C16H25N3OS. The molecule has 3 rings (SSSR count). The molecule has 1 aromatic heterocycles. The second-order valence-corrected chi connectivity index (χ2v) is 7.07. The molecule has 2 aliphatic heterocycles. The predicted molar refractivity (Wildman–Crippen MR) is 85.6 cm³/mol. The lowest BCUT2D eigenvalue weighted by Gasteiger charge is -2.35. The number of aryl methyl sites for hydroxylation is 1. The summed E-state index contributed by atoms with van der Waals surface area (Å²) in [6, 6.07) is 0. The van der Waals surface area contributed by atoms with Crippen LogP contribution in [0, 0.1) is 5.92 Å². The van der Waals surface area contributed by atoms with Crippen LogP contribution in [0.3, 0.4) is 0 Å². The lowest BCUT2D eigenvalue weighted by atomic mass is 9.93. The van der Waals surface area contributed by atoms with E-state index in [-0.39, 0.29) is 5.92 Å². The zero-order chi connectivity index (χ0) is 14.7. The van der Waals surface area contributed by atoms with Crippen molar-refractivity contribution in [3.05, 3.63) is 16.1 Å². The molecule has 0 spiro atoms. The van der Waals surface area contributed by atoms with Crippen molar-refractivity contribution in [1.82, 2.24) is 15.2 Å². The number of hydrogen-bond acceptors (Lipinski definition) is 4. The van der Waals surface area contributed by atoms with E-state index in [1.165, 1.54) is 17.1 Å². The number of rotatable bonds is 3. The summed E-state index contributed by atoms with van der Waals surface area (Å²) in [4.78, 5) is 19.5. The zero-order valence-electron chi connectivity index (χ0n) is 12.8. The van der Waals surface area contributed by atoms with Crippen LogP contribution >= 0.6 is 11.3 Å². The van der Waals surface area contributed by atoms with Gasteiger partial charge in [0.05, 0.1) is 10.7 Å². The number of piperidine rings is 2. The molecule has 2 saturated heterocycles. The van der Waals surface area contributed by atoms with Gasteiger partial charge in [-0.15, -0.1) is 11.3 Å². The van der Waals surface area contributed by atoms with Crippen LogP contribution < -0.4 is 5.32 Å². The highest BCUT2D eigenvalue weighted by Gasteiger charge is 2.31. The van der Waals surface area contributed by atoms with Gasteiger partial charge in [0.15, 0.2) is 0 Å². The van der Waals surface area contributed by atoms with Crippen LogP contribution in [-0.2, 0) is 11.2 Å². The van der Waals surface area contributed by atoms with Crippen molar-refractivity contribution in [3.63, 3.8) is 0 Å². The Bertz CT molecular complexity index is 482. The number of thiazole rings is 1. The summed E-state index contributed by atoms with van der Waals surface area (Å²) < 4.78 is 0. The van der Waals surface area contributed by atoms with E-state index in [0.29, 0.717) is 11.8 Å². The number of aromatic nitrogens is 1. The smallest absolute Gasteiger partial charge is 0.225 e. The molecular weight excluding hydrogens is 282 g/mol. The predicted octanol–water partition coefficient (Wildman–Crippen LogP) is 2.41. The van der Waals surface area contributed by atoms with E-state index in [2.05, 4.69) is 22.5 Å². The van der Waals surface area contributed by atoms with Crippen molar-refractivity contribution in [2.24, 2.45) is 5.92 Å². The third-order valence-corrected chi connectivity index (χ3v) is 5.76. The van der Waals surface area contributed by atoms with Crippen LogP contribution in [0.5, 0.6) is 0 Å². The molecule has 1 N–H and O–H groups in total. The Morgan fingerprint density at radius 1 is 1.43 bits per heavy atom. The fourth-order valence-corrected chi connectivity index (χ4v) is 4.41. The molecule has 1 unspecified atom stereocenters. The molecule has 1 amide bonds. The average molecular weight is 307 g/mol. The zero-order valence-corrected chi connectivity index (χ0v) is 13.6. The number of nitrogens with one attached hydrogen (secondary N) is 1. The summed E-state index contributed by atoms with van der Waals surface area (Å²) in [5, 5.41) is 6.74. The van der Waals surface area contributed by atoms with Gasteiger partial charge in [-0.05, 0) is 45.2 Å². The number of nitrogens with zero attached hydrogens (tertiary/aromatic N) is 2. The number of hydrogen-bond donors (Lipinski definition) is 1. The van der Waals surface area contributed by atoms with Crippen molar-refractivity contribution in [1.29, 1.82) is 0 Å². The molecule has 3 heterocycles. The highest BCUT2D eigenvalue weighted by molar-refractivity contribution is 7.09. The van der Waals surface area contributed by atoms with Crippen molar-refractivity contribution < 1.29 is 4.79 Å². The van der Waals surface area contributed by atoms with E-state index in [0.717, 1.165) is 51.9 Å². The fourth-order valence-electron chi connectivity index (χ4n) is 3.38. The lowest BCUT2D eigenvalue weighted by molar-refractivity contribution is -0.137. The molecule has 1 aromatic rings. The van der Waals surface area contributed by atoms with E-state index in [4.69, 9.17) is 4.98 Å². The fraction of sp³-hybridized carbons (Fsp3) is 0.750. The second-order valence-electron chi connectivity index (χ2n) is 6.18. The number of amides is 1. The maximum atomic E-state index is 12.7. The van der Waals surface area contributed by atoms with E-state index in [9.17, 15) is 4.79 Å².